The summed E-state index contributed by atoms with van der Waals surface area (Å²) in [7, 11) is 0. The Morgan fingerprint density at radius 3 is 2.50 bits per heavy atom. The molecule has 1 aliphatic rings. The van der Waals surface area contributed by atoms with Crippen LogP contribution in [0.15, 0.2) is 48.5 Å². The number of amides is 1. The second kappa shape index (κ2) is 7.16. The van der Waals surface area contributed by atoms with Crippen LogP contribution in [-0.4, -0.2) is 18.1 Å². The summed E-state index contributed by atoms with van der Waals surface area (Å²) in [6, 6.07) is 16.8. The molecule has 0 aliphatic carbocycles. The van der Waals surface area contributed by atoms with Gasteiger partial charge in [-0.1, -0.05) is 59.7 Å². The van der Waals surface area contributed by atoms with Crippen molar-refractivity contribution < 1.29 is 4.79 Å². The van der Waals surface area contributed by atoms with Gasteiger partial charge in [-0.25, -0.2) is 5.43 Å². The summed E-state index contributed by atoms with van der Waals surface area (Å²) in [5, 5.41) is 3.13. The Balaban J connectivity index is 1.68. The fraction of sp³-hybridized carbons (Fsp3) is 0.350. The summed E-state index contributed by atoms with van der Waals surface area (Å²) < 4.78 is 0. The maximum Gasteiger partial charge on any atom is 0.225 e. The van der Waals surface area contributed by atoms with Crippen LogP contribution in [0.2, 0.25) is 0 Å². The summed E-state index contributed by atoms with van der Waals surface area (Å²) in [4.78, 5) is 12.4. The molecule has 0 bridgehead atoms. The fourth-order valence-corrected chi connectivity index (χ4v) is 3.32. The molecule has 3 atom stereocenters. The fourth-order valence-electron chi connectivity index (χ4n) is 3.32. The first-order valence-electron chi connectivity index (χ1n) is 8.45. The quantitative estimate of drug-likeness (QED) is 0.810. The minimum Gasteiger partial charge on any atom is -0.339 e. The lowest BCUT2D eigenvalue weighted by Crippen LogP contribution is -2.46. The molecular formula is C20H25N3O. The molecule has 1 aliphatic heterocycles. The zero-order valence-corrected chi connectivity index (χ0v) is 14.5. The van der Waals surface area contributed by atoms with Crippen LogP contribution in [0.3, 0.4) is 0 Å². The van der Waals surface area contributed by atoms with Gasteiger partial charge in [0.05, 0.1) is 6.42 Å². The zero-order chi connectivity index (χ0) is 17.1. The molecule has 4 heteroatoms. The second-order valence-corrected chi connectivity index (χ2v) is 6.72. The third kappa shape index (κ3) is 3.83. The Labute approximate surface area is 143 Å². The van der Waals surface area contributed by atoms with Crippen molar-refractivity contribution in [2.45, 2.75) is 45.3 Å². The van der Waals surface area contributed by atoms with Gasteiger partial charge in [-0.05, 0) is 31.9 Å². The molecule has 0 aromatic heterocycles. The van der Waals surface area contributed by atoms with E-state index in [1.165, 1.54) is 16.7 Å². The molecule has 4 nitrogen and oxygen atoms in total. The van der Waals surface area contributed by atoms with E-state index in [1.54, 1.807) is 0 Å². The van der Waals surface area contributed by atoms with Gasteiger partial charge in [0.1, 0.15) is 6.17 Å². The van der Waals surface area contributed by atoms with Gasteiger partial charge in [-0.3, -0.25) is 10.2 Å². The molecule has 0 saturated carbocycles. The van der Waals surface area contributed by atoms with Crippen LogP contribution >= 0.6 is 0 Å². The lowest BCUT2D eigenvalue weighted by Gasteiger charge is -2.22. The van der Waals surface area contributed by atoms with E-state index in [-0.39, 0.29) is 24.0 Å². The molecule has 1 heterocycles. The van der Waals surface area contributed by atoms with Crippen LogP contribution < -0.4 is 16.2 Å². The number of carbonyl (C=O) groups excluding carboxylic acids is 1. The second-order valence-electron chi connectivity index (χ2n) is 6.72. The zero-order valence-electron chi connectivity index (χ0n) is 14.5. The normalized spacial score (nSPS) is 23.2. The van der Waals surface area contributed by atoms with E-state index in [1.807, 2.05) is 25.1 Å². The number of hydrogen-bond acceptors (Lipinski definition) is 3. The molecule has 3 N–H and O–H groups in total. The largest absolute Gasteiger partial charge is 0.339 e. The Bertz CT molecular complexity index is 711. The van der Waals surface area contributed by atoms with Crippen LogP contribution in [0.5, 0.6) is 0 Å². The van der Waals surface area contributed by atoms with E-state index >= 15 is 0 Å². The third-order valence-corrected chi connectivity index (χ3v) is 4.59. The van der Waals surface area contributed by atoms with Crippen molar-refractivity contribution in [3.8, 4) is 0 Å². The summed E-state index contributed by atoms with van der Waals surface area (Å²) in [5.41, 5.74) is 11.1. The van der Waals surface area contributed by atoms with Crippen LogP contribution in [0.4, 0.5) is 0 Å². The minimum absolute atomic E-state index is 0.0334. The van der Waals surface area contributed by atoms with Crippen molar-refractivity contribution in [3.05, 3.63) is 70.8 Å². The topological polar surface area (TPSA) is 53.2 Å². The molecule has 0 spiro atoms. The van der Waals surface area contributed by atoms with E-state index < -0.39 is 0 Å². The number of hydrazine groups is 1. The molecule has 3 unspecified atom stereocenters. The van der Waals surface area contributed by atoms with E-state index in [9.17, 15) is 4.79 Å². The first kappa shape index (κ1) is 16.7. The molecule has 1 saturated heterocycles. The van der Waals surface area contributed by atoms with E-state index in [0.717, 1.165) is 5.56 Å². The molecule has 0 radical (unpaired) electrons. The monoisotopic (exact) mass is 323 g/mol. The average Bonchev–Trinajstić information content (AvgIpc) is 2.89. The van der Waals surface area contributed by atoms with Gasteiger partial charge in [0.2, 0.25) is 5.91 Å². The molecule has 1 amide bonds. The van der Waals surface area contributed by atoms with E-state index in [4.69, 9.17) is 0 Å². The molecule has 3 rings (SSSR count). The van der Waals surface area contributed by atoms with Crippen molar-refractivity contribution >= 4 is 5.91 Å². The van der Waals surface area contributed by atoms with Crippen LogP contribution in [0.1, 0.15) is 35.1 Å². The van der Waals surface area contributed by atoms with Gasteiger partial charge in [0.25, 0.3) is 0 Å². The van der Waals surface area contributed by atoms with E-state index in [2.05, 4.69) is 60.3 Å². The van der Waals surface area contributed by atoms with Crippen molar-refractivity contribution in [3.63, 3.8) is 0 Å². The van der Waals surface area contributed by atoms with Gasteiger partial charge in [-0.2, -0.15) is 0 Å². The minimum atomic E-state index is -0.111. The predicted octanol–water partition coefficient (Wildman–Crippen LogP) is 2.57. The number of rotatable bonds is 4. The Morgan fingerprint density at radius 2 is 1.79 bits per heavy atom. The van der Waals surface area contributed by atoms with Crippen molar-refractivity contribution in [1.82, 2.24) is 16.2 Å². The van der Waals surface area contributed by atoms with Crippen LogP contribution in [0, 0.1) is 13.8 Å². The number of benzene rings is 2. The smallest absolute Gasteiger partial charge is 0.225 e. The maximum atomic E-state index is 12.4. The lowest BCUT2D eigenvalue weighted by molar-refractivity contribution is -0.121. The molecule has 126 valence electrons. The Hall–Kier alpha value is -2.17. The highest BCUT2D eigenvalue weighted by molar-refractivity contribution is 5.79. The molecule has 2 aromatic carbocycles. The highest BCUT2D eigenvalue weighted by atomic mass is 16.1. The maximum absolute atomic E-state index is 12.4. The van der Waals surface area contributed by atoms with E-state index in [0.29, 0.717) is 6.42 Å². The molecule has 1 fully saturated rings. The van der Waals surface area contributed by atoms with Gasteiger partial charge >= 0.3 is 0 Å². The summed E-state index contributed by atoms with van der Waals surface area (Å²) >= 11 is 0. The van der Waals surface area contributed by atoms with Gasteiger partial charge in [-0.15, -0.1) is 0 Å². The van der Waals surface area contributed by atoms with Gasteiger partial charge in [0.15, 0.2) is 0 Å². The Kier molecular flexibility index (Phi) is 4.97. The van der Waals surface area contributed by atoms with Crippen molar-refractivity contribution in [2.75, 3.05) is 0 Å². The summed E-state index contributed by atoms with van der Waals surface area (Å²) in [6.07, 6.45) is 0.287. The highest BCUT2D eigenvalue weighted by Crippen LogP contribution is 2.26. The van der Waals surface area contributed by atoms with Gasteiger partial charge in [0, 0.05) is 12.0 Å². The first-order valence-corrected chi connectivity index (χ1v) is 8.45. The van der Waals surface area contributed by atoms with Crippen molar-refractivity contribution in [2.24, 2.45) is 0 Å². The number of carbonyl (C=O) groups is 1. The molecular weight excluding hydrogens is 298 g/mol. The van der Waals surface area contributed by atoms with Crippen LogP contribution in [-0.2, 0) is 11.2 Å². The number of nitrogens with one attached hydrogen (secondary N) is 3. The van der Waals surface area contributed by atoms with Crippen molar-refractivity contribution in [1.29, 1.82) is 0 Å². The summed E-state index contributed by atoms with van der Waals surface area (Å²) in [6.45, 7) is 6.25. The Morgan fingerprint density at radius 1 is 1.04 bits per heavy atom. The number of hydrogen-bond donors (Lipinski definition) is 3. The predicted molar refractivity (Wildman–Crippen MR) is 96.5 cm³/mol. The van der Waals surface area contributed by atoms with Gasteiger partial charge < -0.3 is 5.32 Å². The lowest BCUT2D eigenvalue weighted by atomic mass is 9.91. The molecule has 2 aromatic rings. The molecule has 24 heavy (non-hydrogen) atoms. The highest BCUT2D eigenvalue weighted by Gasteiger charge is 2.35. The summed E-state index contributed by atoms with van der Waals surface area (Å²) in [5.74, 6) is 0.234. The first-order chi connectivity index (χ1) is 11.5. The third-order valence-electron chi connectivity index (χ3n) is 4.59. The number of aryl methyl sites for hydroxylation is 2. The standard InChI is InChI=1S/C20H25N3O/c1-13-7-9-17(10-8-13)19-15(3)22-23-20(19)21-18(24)12-16-6-4-5-14(2)11-16/h4-11,15,19-20,22-23H,12H2,1-3H3,(H,21,24). The average molecular weight is 323 g/mol. The van der Waals surface area contributed by atoms with Crippen LogP contribution in [0.25, 0.3) is 0 Å². The SMILES string of the molecule is Cc1ccc(C2C(C)NNC2NC(=O)Cc2cccc(C)c2)cc1.